The van der Waals surface area contributed by atoms with Crippen molar-refractivity contribution in [2.24, 2.45) is 5.92 Å². The highest BCUT2D eigenvalue weighted by molar-refractivity contribution is 5.89. The number of hydrogen-bond donors (Lipinski definition) is 0. The first-order valence-electron chi connectivity index (χ1n) is 5.08. The van der Waals surface area contributed by atoms with Crippen molar-refractivity contribution in [2.75, 3.05) is 6.61 Å². The summed E-state index contributed by atoms with van der Waals surface area (Å²) in [5.41, 5.74) is 0.642. The van der Waals surface area contributed by atoms with Crippen molar-refractivity contribution in [3.05, 3.63) is 35.9 Å². The maximum Gasteiger partial charge on any atom is 0.338 e. The Labute approximate surface area is 83.9 Å². The molecule has 0 aliphatic heterocycles. The van der Waals surface area contributed by atoms with Gasteiger partial charge in [0, 0.05) is 0 Å². The molecule has 0 spiro atoms. The normalized spacial score (nSPS) is 15.1. The Morgan fingerprint density at radius 2 is 2.00 bits per heavy atom. The first-order chi connectivity index (χ1) is 6.86. The molecule has 1 aliphatic rings. The van der Waals surface area contributed by atoms with Gasteiger partial charge in [0.05, 0.1) is 12.2 Å². The van der Waals surface area contributed by atoms with Crippen LogP contribution in [0.5, 0.6) is 0 Å². The highest BCUT2D eigenvalue weighted by Gasteiger charge is 2.21. The molecule has 74 valence electrons. The Morgan fingerprint density at radius 1 is 1.29 bits per heavy atom. The van der Waals surface area contributed by atoms with Crippen LogP contribution in [0.25, 0.3) is 0 Å². The van der Waals surface area contributed by atoms with Crippen molar-refractivity contribution in [1.82, 2.24) is 0 Å². The van der Waals surface area contributed by atoms with Crippen LogP contribution in [-0.4, -0.2) is 12.6 Å². The first kappa shape index (κ1) is 9.25. The summed E-state index contributed by atoms with van der Waals surface area (Å²) in [5, 5.41) is 0. The van der Waals surface area contributed by atoms with Gasteiger partial charge >= 0.3 is 5.97 Å². The van der Waals surface area contributed by atoms with Crippen LogP contribution < -0.4 is 0 Å². The van der Waals surface area contributed by atoms with E-state index >= 15 is 0 Å². The summed E-state index contributed by atoms with van der Waals surface area (Å²) < 4.78 is 5.14. The lowest BCUT2D eigenvalue weighted by molar-refractivity contribution is 0.0495. The monoisotopic (exact) mass is 190 g/mol. The van der Waals surface area contributed by atoms with Crippen LogP contribution in [0, 0.1) is 5.92 Å². The molecule has 0 heterocycles. The Hall–Kier alpha value is -1.31. The second-order valence-electron chi connectivity index (χ2n) is 3.73. The summed E-state index contributed by atoms with van der Waals surface area (Å²) in [6.45, 7) is 0.568. The fourth-order valence-electron chi connectivity index (χ4n) is 1.38. The van der Waals surface area contributed by atoms with E-state index in [1.165, 1.54) is 12.8 Å². The largest absolute Gasteiger partial charge is 0.462 e. The first-order valence-corrected chi connectivity index (χ1v) is 5.08. The number of hydrogen-bond acceptors (Lipinski definition) is 2. The zero-order chi connectivity index (χ0) is 9.80. The summed E-state index contributed by atoms with van der Waals surface area (Å²) >= 11 is 0. The molecule has 0 amide bonds. The lowest BCUT2D eigenvalue weighted by Crippen LogP contribution is -2.06. The number of esters is 1. The van der Waals surface area contributed by atoms with Crippen molar-refractivity contribution in [3.63, 3.8) is 0 Å². The molecular formula is C12H14O2. The smallest absolute Gasteiger partial charge is 0.338 e. The third kappa shape index (κ3) is 2.59. The van der Waals surface area contributed by atoms with E-state index in [2.05, 4.69) is 0 Å². The zero-order valence-corrected chi connectivity index (χ0v) is 8.11. The fraction of sp³-hybridized carbons (Fsp3) is 0.417. The molecule has 14 heavy (non-hydrogen) atoms. The van der Waals surface area contributed by atoms with E-state index in [4.69, 9.17) is 4.74 Å². The highest BCUT2D eigenvalue weighted by atomic mass is 16.5. The molecule has 0 N–H and O–H groups in total. The highest BCUT2D eigenvalue weighted by Crippen LogP contribution is 2.32. The van der Waals surface area contributed by atoms with E-state index in [9.17, 15) is 4.79 Å². The van der Waals surface area contributed by atoms with Gasteiger partial charge in [-0.15, -0.1) is 0 Å². The molecule has 0 radical (unpaired) electrons. The number of carbonyl (C=O) groups is 1. The predicted octanol–water partition coefficient (Wildman–Crippen LogP) is 2.64. The fourth-order valence-corrected chi connectivity index (χ4v) is 1.38. The van der Waals surface area contributed by atoms with E-state index in [0.29, 0.717) is 12.2 Å². The minimum atomic E-state index is -0.203. The van der Waals surface area contributed by atoms with Gasteiger partial charge in [0.25, 0.3) is 0 Å². The molecule has 1 aromatic carbocycles. The number of ether oxygens (including phenoxy) is 1. The van der Waals surface area contributed by atoms with E-state index in [-0.39, 0.29) is 5.97 Å². The van der Waals surface area contributed by atoms with Crippen LogP contribution in [0.3, 0.4) is 0 Å². The SMILES string of the molecule is O=C(OCCC1CC1)c1ccccc1. The van der Waals surface area contributed by atoms with Crippen molar-refractivity contribution < 1.29 is 9.53 Å². The summed E-state index contributed by atoms with van der Waals surface area (Å²) in [7, 11) is 0. The molecule has 0 atom stereocenters. The van der Waals surface area contributed by atoms with Gasteiger partial charge in [-0.05, 0) is 24.5 Å². The van der Waals surface area contributed by atoms with Crippen LogP contribution in [0.2, 0.25) is 0 Å². The van der Waals surface area contributed by atoms with Crippen LogP contribution in [-0.2, 0) is 4.74 Å². The Balaban J connectivity index is 1.77. The minimum Gasteiger partial charge on any atom is -0.462 e. The molecule has 1 aliphatic carbocycles. The maximum atomic E-state index is 11.4. The predicted molar refractivity (Wildman–Crippen MR) is 54.1 cm³/mol. The molecule has 1 fully saturated rings. The molecule has 1 aromatic rings. The quantitative estimate of drug-likeness (QED) is 0.682. The number of carbonyl (C=O) groups excluding carboxylic acids is 1. The van der Waals surface area contributed by atoms with Crippen LogP contribution in [0.1, 0.15) is 29.6 Å². The van der Waals surface area contributed by atoms with E-state index in [1.54, 1.807) is 12.1 Å². The van der Waals surface area contributed by atoms with Gasteiger partial charge in [0.1, 0.15) is 0 Å². The van der Waals surface area contributed by atoms with E-state index < -0.39 is 0 Å². The third-order valence-corrected chi connectivity index (χ3v) is 2.47. The molecule has 1 saturated carbocycles. The summed E-state index contributed by atoms with van der Waals surface area (Å²) in [5.74, 6) is 0.616. The van der Waals surface area contributed by atoms with Crippen molar-refractivity contribution >= 4 is 5.97 Å². The van der Waals surface area contributed by atoms with Gasteiger partial charge in [0.15, 0.2) is 0 Å². The second kappa shape index (κ2) is 4.27. The molecule has 0 unspecified atom stereocenters. The Morgan fingerprint density at radius 3 is 2.64 bits per heavy atom. The molecule has 0 aromatic heterocycles. The lowest BCUT2D eigenvalue weighted by Gasteiger charge is -2.03. The average molecular weight is 190 g/mol. The van der Waals surface area contributed by atoms with E-state index in [1.807, 2.05) is 18.2 Å². The second-order valence-corrected chi connectivity index (χ2v) is 3.73. The van der Waals surface area contributed by atoms with Gasteiger partial charge in [-0.2, -0.15) is 0 Å². The standard InChI is InChI=1S/C12H14O2/c13-12(11-4-2-1-3-5-11)14-9-8-10-6-7-10/h1-5,10H,6-9H2. The van der Waals surface area contributed by atoms with Crippen molar-refractivity contribution in [1.29, 1.82) is 0 Å². The van der Waals surface area contributed by atoms with Gasteiger partial charge in [-0.25, -0.2) is 4.79 Å². The topological polar surface area (TPSA) is 26.3 Å². The molecular weight excluding hydrogens is 176 g/mol. The van der Waals surface area contributed by atoms with Crippen LogP contribution >= 0.6 is 0 Å². The van der Waals surface area contributed by atoms with Gasteiger partial charge in [-0.1, -0.05) is 31.0 Å². The molecule has 0 saturated heterocycles. The summed E-state index contributed by atoms with van der Waals surface area (Å²) in [4.78, 5) is 11.4. The molecule has 0 bridgehead atoms. The summed E-state index contributed by atoms with van der Waals surface area (Å²) in [6, 6.07) is 9.13. The Kier molecular flexibility index (Phi) is 2.82. The zero-order valence-electron chi connectivity index (χ0n) is 8.11. The van der Waals surface area contributed by atoms with E-state index in [0.717, 1.165) is 12.3 Å². The van der Waals surface area contributed by atoms with Crippen LogP contribution in [0.4, 0.5) is 0 Å². The molecule has 2 rings (SSSR count). The molecule has 2 nitrogen and oxygen atoms in total. The Bertz CT molecular complexity index is 301. The average Bonchev–Trinajstić information content (AvgIpc) is 3.03. The third-order valence-electron chi connectivity index (χ3n) is 2.47. The van der Waals surface area contributed by atoms with Gasteiger partial charge in [0.2, 0.25) is 0 Å². The van der Waals surface area contributed by atoms with Crippen molar-refractivity contribution in [2.45, 2.75) is 19.3 Å². The molecule has 2 heteroatoms. The van der Waals surface area contributed by atoms with Gasteiger partial charge in [-0.3, -0.25) is 0 Å². The lowest BCUT2D eigenvalue weighted by atomic mass is 10.2. The minimum absolute atomic E-state index is 0.203. The number of rotatable bonds is 4. The summed E-state index contributed by atoms with van der Waals surface area (Å²) in [6.07, 6.45) is 3.64. The van der Waals surface area contributed by atoms with Crippen LogP contribution in [0.15, 0.2) is 30.3 Å². The van der Waals surface area contributed by atoms with Crippen molar-refractivity contribution in [3.8, 4) is 0 Å². The van der Waals surface area contributed by atoms with Gasteiger partial charge < -0.3 is 4.74 Å². The maximum absolute atomic E-state index is 11.4. The number of benzene rings is 1.